The van der Waals surface area contributed by atoms with Crippen LogP contribution in [0.2, 0.25) is 0 Å². The molecule has 0 bridgehead atoms. The monoisotopic (exact) mass is 512 g/mol. The molecule has 0 aliphatic rings. The van der Waals surface area contributed by atoms with Gasteiger partial charge >= 0.3 is 8.03 Å². The maximum Gasteiger partial charge on any atom is 0.373 e. The van der Waals surface area contributed by atoms with E-state index in [4.69, 9.17) is 0 Å². The Balaban J connectivity index is 3.26. The van der Waals surface area contributed by atoms with Gasteiger partial charge in [-0.3, -0.25) is 4.48 Å². The van der Waals surface area contributed by atoms with Gasteiger partial charge in [-0.15, -0.1) is 0 Å². The molecular formula is C31H63NO2P+. The highest BCUT2D eigenvalue weighted by molar-refractivity contribution is 7.37. The fraction of sp³-hybridized carbons (Fsp3) is 0.935. The summed E-state index contributed by atoms with van der Waals surface area (Å²) in [4.78, 5) is 11.4. The van der Waals surface area contributed by atoms with Gasteiger partial charge in [0.15, 0.2) is 0 Å². The third-order valence-corrected chi connectivity index (χ3v) is 8.80. The van der Waals surface area contributed by atoms with Crippen molar-refractivity contribution < 1.29 is 13.9 Å². The van der Waals surface area contributed by atoms with Crippen molar-refractivity contribution in [3.05, 3.63) is 12.2 Å². The molecule has 0 radical (unpaired) electrons. The highest BCUT2D eigenvalue weighted by atomic mass is 31.1. The van der Waals surface area contributed by atoms with Gasteiger partial charge in [-0.1, -0.05) is 146 Å². The Labute approximate surface area is 222 Å². The number of hydrogen-bond donors (Lipinski definition) is 0. The molecule has 0 amide bonds. The lowest BCUT2D eigenvalue weighted by Gasteiger charge is -2.27. The van der Waals surface area contributed by atoms with Crippen LogP contribution < -0.4 is 4.89 Å². The van der Waals surface area contributed by atoms with E-state index in [2.05, 4.69) is 19.1 Å². The van der Waals surface area contributed by atoms with E-state index in [9.17, 15) is 9.46 Å². The molecule has 0 spiro atoms. The van der Waals surface area contributed by atoms with E-state index in [0.717, 1.165) is 19.3 Å². The summed E-state index contributed by atoms with van der Waals surface area (Å²) in [6.45, 7) is 2.29. The molecule has 0 fully saturated rings. The first-order chi connectivity index (χ1) is 16.9. The Morgan fingerprint density at radius 3 is 1.20 bits per heavy atom. The molecule has 208 valence electrons. The van der Waals surface area contributed by atoms with Gasteiger partial charge in [0.1, 0.15) is 0 Å². The second-order valence-electron chi connectivity index (χ2n) is 11.8. The third-order valence-electron chi connectivity index (χ3n) is 7.36. The average Bonchev–Trinajstić information content (AvgIpc) is 2.80. The first-order valence-electron chi connectivity index (χ1n) is 15.5. The Hall–Kier alpha value is -0.240. The maximum atomic E-state index is 11.4. The molecule has 0 saturated carbocycles. The van der Waals surface area contributed by atoms with Crippen LogP contribution in [-0.4, -0.2) is 31.4 Å². The van der Waals surface area contributed by atoms with Crippen LogP contribution in [0.25, 0.3) is 0 Å². The topological polar surface area (TPSA) is 40.1 Å². The standard InChI is InChI=1S/C31H63NO2P/c1-5-6-7-8-9-10-11-12-13-14-15-16-17-18-19-20-21-22-23-24-25-26-27-28-29-30-31(35(33)34)32(2,3)4/h26-27,31H,5-25,28-30H2,1-4H3/q+1. The highest BCUT2D eigenvalue weighted by Gasteiger charge is 2.34. The minimum Gasteiger partial charge on any atom is -0.591 e. The van der Waals surface area contributed by atoms with Gasteiger partial charge in [0, 0.05) is 6.42 Å². The quantitative estimate of drug-likeness (QED) is 0.0475. The lowest BCUT2D eigenvalue weighted by molar-refractivity contribution is -0.883. The van der Waals surface area contributed by atoms with E-state index in [-0.39, 0.29) is 5.78 Å². The fourth-order valence-electron chi connectivity index (χ4n) is 4.95. The van der Waals surface area contributed by atoms with Crippen LogP contribution >= 0.6 is 8.03 Å². The van der Waals surface area contributed by atoms with Crippen molar-refractivity contribution in [2.75, 3.05) is 21.1 Å². The molecular weight excluding hydrogens is 449 g/mol. The summed E-state index contributed by atoms with van der Waals surface area (Å²) < 4.78 is 11.9. The number of unbranched alkanes of at least 4 members (excludes halogenated alkanes) is 21. The SMILES string of the molecule is CCCCCCCCCCCCCCCCCCCCCCC=CCCCC([P+](=O)[O-])[N+](C)(C)C. The normalized spacial score (nSPS) is 13.6. The molecule has 0 heterocycles. The minimum absolute atomic E-state index is 0.261. The van der Waals surface area contributed by atoms with Crippen molar-refractivity contribution >= 4 is 8.03 Å². The summed E-state index contributed by atoms with van der Waals surface area (Å²) >= 11 is 0. The highest BCUT2D eigenvalue weighted by Crippen LogP contribution is 2.28. The Morgan fingerprint density at radius 1 is 0.571 bits per heavy atom. The fourth-order valence-corrected chi connectivity index (χ4v) is 5.91. The van der Waals surface area contributed by atoms with E-state index in [1.54, 1.807) is 0 Å². The van der Waals surface area contributed by atoms with Crippen LogP contribution in [-0.2, 0) is 4.57 Å². The zero-order valence-electron chi connectivity index (χ0n) is 24.4. The number of quaternary nitrogens is 1. The number of allylic oxidation sites excluding steroid dienone is 2. The average molecular weight is 513 g/mol. The maximum absolute atomic E-state index is 11.4. The van der Waals surface area contributed by atoms with Crippen LogP contribution in [0.4, 0.5) is 0 Å². The molecule has 0 aromatic heterocycles. The molecule has 0 saturated heterocycles. The second-order valence-corrected chi connectivity index (χ2v) is 13.0. The molecule has 35 heavy (non-hydrogen) atoms. The van der Waals surface area contributed by atoms with Crippen molar-refractivity contribution in [1.82, 2.24) is 0 Å². The van der Waals surface area contributed by atoms with E-state index in [1.165, 1.54) is 135 Å². The van der Waals surface area contributed by atoms with Crippen LogP contribution in [0, 0.1) is 0 Å². The van der Waals surface area contributed by atoms with Crippen molar-refractivity contribution in [3.63, 3.8) is 0 Å². The van der Waals surface area contributed by atoms with Crippen LogP contribution in [0.5, 0.6) is 0 Å². The summed E-state index contributed by atoms with van der Waals surface area (Å²) in [5.41, 5.74) is 0. The van der Waals surface area contributed by atoms with E-state index in [0.29, 0.717) is 4.48 Å². The largest absolute Gasteiger partial charge is 0.591 e. The second kappa shape index (κ2) is 25.4. The zero-order chi connectivity index (χ0) is 26.0. The summed E-state index contributed by atoms with van der Waals surface area (Å²) in [5, 5.41) is 0. The van der Waals surface area contributed by atoms with Crippen LogP contribution in [0.15, 0.2) is 12.2 Å². The molecule has 0 N–H and O–H groups in total. The molecule has 0 rings (SSSR count). The lowest BCUT2D eigenvalue weighted by Crippen LogP contribution is -2.44. The van der Waals surface area contributed by atoms with Crippen molar-refractivity contribution in [2.45, 2.75) is 167 Å². The Morgan fingerprint density at radius 2 is 0.886 bits per heavy atom. The van der Waals surface area contributed by atoms with Gasteiger partial charge in [-0.2, -0.15) is 0 Å². The van der Waals surface area contributed by atoms with Gasteiger partial charge in [0.05, 0.1) is 21.1 Å². The lowest BCUT2D eigenvalue weighted by atomic mass is 10.0. The summed E-state index contributed by atoms with van der Waals surface area (Å²) in [5.74, 6) is -0.261. The zero-order valence-corrected chi connectivity index (χ0v) is 25.3. The van der Waals surface area contributed by atoms with Crippen LogP contribution in [0.1, 0.15) is 161 Å². The number of hydrogen-bond acceptors (Lipinski definition) is 2. The summed E-state index contributed by atoms with van der Waals surface area (Å²) in [6.07, 6.45) is 37.0. The molecule has 2 unspecified atom stereocenters. The smallest absolute Gasteiger partial charge is 0.373 e. The Bertz CT molecular complexity index is 487. The third kappa shape index (κ3) is 25.2. The Kier molecular flexibility index (Phi) is 25.2. The van der Waals surface area contributed by atoms with E-state index < -0.39 is 8.03 Å². The molecule has 0 aliphatic carbocycles. The predicted molar refractivity (Wildman–Crippen MR) is 155 cm³/mol. The van der Waals surface area contributed by atoms with Crippen LogP contribution in [0.3, 0.4) is 0 Å². The minimum atomic E-state index is -2.35. The molecule has 0 aromatic carbocycles. The number of rotatable bonds is 27. The van der Waals surface area contributed by atoms with Crippen molar-refractivity contribution in [3.8, 4) is 0 Å². The molecule has 2 atom stereocenters. The van der Waals surface area contributed by atoms with Gasteiger partial charge in [-0.05, 0) is 25.7 Å². The summed E-state index contributed by atoms with van der Waals surface area (Å²) in [7, 11) is 3.54. The van der Waals surface area contributed by atoms with E-state index >= 15 is 0 Å². The first-order valence-corrected chi connectivity index (χ1v) is 16.7. The molecule has 0 aromatic rings. The van der Waals surface area contributed by atoms with Gasteiger partial charge in [-0.25, -0.2) is 0 Å². The first kappa shape index (κ1) is 34.8. The van der Waals surface area contributed by atoms with Crippen molar-refractivity contribution in [2.24, 2.45) is 0 Å². The molecule has 4 heteroatoms. The van der Waals surface area contributed by atoms with Gasteiger partial charge in [0.25, 0.3) is 5.78 Å². The molecule has 0 aliphatic heterocycles. The predicted octanol–water partition coefficient (Wildman–Crippen LogP) is 10.1. The van der Waals surface area contributed by atoms with Gasteiger partial charge < -0.3 is 4.89 Å². The van der Waals surface area contributed by atoms with Crippen molar-refractivity contribution in [1.29, 1.82) is 0 Å². The van der Waals surface area contributed by atoms with E-state index in [1.807, 2.05) is 21.1 Å². The number of nitrogens with zero attached hydrogens (tertiary/aromatic N) is 1. The summed E-state index contributed by atoms with van der Waals surface area (Å²) in [6, 6.07) is 0. The van der Waals surface area contributed by atoms with Gasteiger partial charge in [0.2, 0.25) is 0 Å². The molecule has 3 nitrogen and oxygen atoms in total.